The number of aryl methyl sites for hydroxylation is 1. The van der Waals surface area contributed by atoms with Gasteiger partial charge < -0.3 is 5.32 Å². The van der Waals surface area contributed by atoms with Crippen molar-refractivity contribution >= 4 is 27.9 Å². The molecule has 0 atom stereocenters. The third-order valence-electron chi connectivity index (χ3n) is 4.24. The second-order valence-electron chi connectivity index (χ2n) is 6.20. The van der Waals surface area contributed by atoms with Gasteiger partial charge in [0.15, 0.2) is 4.96 Å². The molecule has 0 saturated carbocycles. The Morgan fingerprint density at radius 1 is 1.15 bits per heavy atom. The largest absolute Gasteiger partial charge is 0.325 e. The number of nitrogens with zero attached hydrogens (tertiary/aromatic N) is 2. The normalized spacial score (nSPS) is 11.1. The predicted octanol–water partition coefficient (Wildman–Crippen LogP) is 4.83. The molecule has 0 spiro atoms. The first-order chi connectivity index (χ1) is 13.0. The van der Waals surface area contributed by atoms with Crippen molar-refractivity contribution in [3.8, 4) is 11.3 Å². The summed E-state index contributed by atoms with van der Waals surface area (Å²) in [6.45, 7) is 1.81. The maximum Gasteiger partial charge on any atom is 0.230 e. The second-order valence-corrected chi connectivity index (χ2v) is 7.03. The van der Waals surface area contributed by atoms with E-state index >= 15 is 0 Å². The van der Waals surface area contributed by atoms with Crippen LogP contribution in [-0.2, 0) is 11.2 Å². The van der Waals surface area contributed by atoms with Crippen LogP contribution in [0, 0.1) is 18.6 Å². The maximum absolute atomic E-state index is 13.4. The minimum atomic E-state index is -0.396. The number of anilines is 1. The minimum Gasteiger partial charge on any atom is -0.325 e. The fourth-order valence-corrected chi connectivity index (χ4v) is 3.68. The molecule has 1 N–H and O–H groups in total. The SMILES string of the molecule is Cc1ccc(F)cc1NC(=O)Cc1csc2nc(-c3ccc(F)cc3)cn12. The second kappa shape index (κ2) is 6.92. The average Bonchev–Trinajstić information content (AvgIpc) is 3.21. The first-order valence-corrected chi connectivity index (χ1v) is 9.15. The molecule has 2 heterocycles. The van der Waals surface area contributed by atoms with Crippen molar-refractivity contribution in [2.24, 2.45) is 0 Å². The lowest BCUT2D eigenvalue weighted by atomic mass is 10.2. The average molecular weight is 383 g/mol. The lowest BCUT2D eigenvalue weighted by Gasteiger charge is -2.08. The quantitative estimate of drug-likeness (QED) is 0.549. The van der Waals surface area contributed by atoms with E-state index in [0.29, 0.717) is 11.4 Å². The molecule has 0 fully saturated rings. The zero-order valence-corrected chi connectivity index (χ0v) is 15.2. The lowest BCUT2D eigenvalue weighted by molar-refractivity contribution is -0.115. The number of halogens is 2. The third kappa shape index (κ3) is 3.59. The predicted molar refractivity (Wildman–Crippen MR) is 102 cm³/mol. The summed E-state index contributed by atoms with van der Waals surface area (Å²) in [5.41, 5.74) is 3.55. The van der Waals surface area contributed by atoms with Crippen LogP contribution in [0.2, 0.25) is 0 Å². The number of nitrogens with one attached hydrogen (secondary N) is 1. The first kappa shape index (κ1) is 17.4. The Balaban J connectivity index is 1.56. The maximum atomic E-state index is 13.4. The van der Waals surface area contributed by atoms with Crippen LogP contribution in [0.5, 0.6) is 0 Å². The summed E-state index contributed by atoms with van der Waals surface area (Å²) in [4.78, 5) is 17.7. The number of hydrogen-bond donors (Lipinski definition) is 1. The van der Waals surface area contributed by atoms with Crippen LogP contribution >= 0.6 is 11.3 Å². The zero-order chi connectivity index (χ0) is 19.0. The van der Waals surface area contributed by atoms with Crippen molar-refractivity contribution in [1.29, 1.82) is 0 Å². The van der Waals surface area contributed by atoms with Crippen LogP contribution in [0.1, 0.15) is 11.3 Å². The van der Waals surface area contributed by atoms with Gasteiger partial charge in [-0.2, -0.15) is 0 Å². The molecule has 136 valence electrons. The minimum absolute atomic E-state index is 0.134. The van der Waals surface area contributed by atoms with Crippen LogP contribution in [0.15, 0.2) is 54.0 Å². The number of thiazole rings is 1. The van der Waals surface area contributed by atoms with Gasteiger partial charge in [0.25, 0.3) is 0 Å². The van der Waals surface area contributed by atoms with E-state index in [9.17, 15) is 13.6 Å². The Hall–Kier alpha value is -3.06. The van der Waals surface area contributed by atoms with Gasteiger partial charge in [0.05, 0.1) is 12.1 Å². The van der Waals surface area contributed by atoms with E-state index < -0.39 is 5.82 Å². The fourth-order valence-electron chi connectivity index (χ4n) is 2.80. The zero-order valence-electron chi connectivity index (χ0n) is 14.4. The molecule has 0 aliphatic heterocycles. The van der Waals surface area contributed by atoms with Gasteiger partial charge in [-0.25, -0.2) is 13.8 Å². The highest BCUT2D eigenvalue weighted by atomic mass is 32.1. The van der Waals surface area contributed by atoms with E-state index in [2.05, 4.69) is 10.3 Å². The number of carbonyl (C=O) groups excluding carboxylic acids is 1. The standard InChI is InChI=1S/C20H15F2N3OS/c1-12-2-5-15(22)8-17(12)23-19(26)9-16-11-27-20-24-18(10-25(16)20)13-3-6-14(21)7-4-13/h2-8,10-11H,9H2,1H3,(H,23,26). The van der Waals surface area contributed by atoms with E-state index in [1.165, 1.54) is 35.6 Å². The van der Waals surface area contributed by atoms with Crippen LogP contribution in [0.4, 0.5) is 14.5 Å². The molecule has 1 amide bonds. The van der Waals surface area contributed by atoms with E-state index in [1.807, 2.05) is 22.9 Å². The summed E-state index contributed by atoms with van der Waals surface area (Å²) in [6, 6.07) is 10.4. The van der Waals surface area contributed by atoms with E-state index in [4.69, 9.17) is 0 Å². The molecule has 0 aliphatic rings. The van der Waals surface area contributed by atoms with Crippen LogP contribution in [0.25, 0.3) is 16.2 Å². The van der Waals surface area contributed by atoms with Crippen molar-refractivity contribution < 1.29 is 13.6 Å². The van der Waals surface area contributed by atoms with Gasteiger partial charge >= 0.3 is 0 Å². The number of benzene rings is 2. The van der Waals surface area contributed by atoms with Crippen LogP contribution < -0.4 is 5.32 Å². The Labute approximate surface area is 158 Å². The molecule has 4 aromatic rings. The van der Waals surface area contributed by atoms with Crippen molar-refractivity contribution in [1.82, 2.24) is 9.38 Å². The molecule has 4 rings (SSSR count). The Morgan fingerprint density at radius 3 is 2.67 bits per heavy atom. The molecule has 2 aromatic carbocycles. The topological polar surface area (TPSA) is 46.4 Å². The van der Waals surface area contributed by atoms with Crippen molar-refractivity contribution in [3.05, 3.63) is 76.9 Å². The van der Waals surface area contributed by atoms with Crippen LogP contribution in [0.3, 0.4) is 0 Å². The summed E-state index contributed by atoms with van der Waals surface area (Å²) in [5.74, 6) is -0.933. The van der Waals surface area contributed by atoms with Gasteiger partial charge in [-0.15, -0.1) is 11.3 Å². The van der Waals surface area contributed by atoms with Crippen molar-refractivity contribution in [2.75, 3.05) is 5.32 Å². The number of carbonyl (C=O) groups is 1. The Morgan fingerprint density at radius 2 is 1.89 bits per heavy atom. The highest BCUT2D eigenvalue weighted by Crippen LogP contribution is 2.24. The molecule has 7 heteroatoms. The third-order valence-corrected chi connectivity index (χ3v) is 5.13. The first-order valence-electron chi connectivity index (χ1n) is 8.27. The van der Waals surface area contributed by atoms with E-state index in [0.717, 1.165) is 21.8 Å². The number of hydrogen-bond acceptors (Lipinski definition) is 3. The van der Waals surface area contributed by atoms with Crippen molar-refractivity contribution in [3.63, 3.8) is 0 Å². The number of fused-ring (bicyclic) bond motifs is 1. The molecule has 0 bridgehead atoms. The van der Waals surface area contributed by atoms with Gasteiger partial charge in [-0.05, 0) is 48.9 Å². The summed E-state index contributed by atoms with van der Waals surface area (Å²) in [7, 11) is 0. The molecule has 0 saturated heterocycles. The number of rotatable bonds is 4. The van der Waals surface area contributed by atoms with E-state index in [-0.39, 0.29) is 18.1 Å². The lowest BCUT2D eigenvalue weighted by Crippen LogP contribution is -2.16. The van der Waals surface area contributed by atoms with Crippen LogP contribution in [-0.4, -0.2) is 15.3 Å². The molecule has 0 aliphatic carbocycles. The Kier molecular flexibility index (Phi) is 4.45. The molecule has 27 heavy (non-hydrogen) atoms. The highest BCUT2D eigenvalue weighted by molar-refractivity contribution is 7.15. The molecular weight excluding hydrogens is 368 g/mol. The number of imidazole rings is 1. The molecule has 4 nitrogen and oxygen atoms in total. The molecule has 0 radical (unpaired) electrons. The fraction of sp³-hybridized carbons (Fsp3) is 0.100. The van der Waals surface area contributed by atoms with Gasteiger partial charge in [0.1, 0.15) is 11.6 Å². The molecule has 0 unspecified atom stereocenters. The summed E-state index contributed by atoms with van der Waals surface area (Å²) in [5, 5.41) is 4.62. The van der Waals surface area contributed by atoms with Gasteiger partial charge in [0.2, 0.25) is 5.91 Å². The van der Waals surface area contributed by atoms with E-state index in [1.54, 1.807) is 18.2 Å². The summed E-state index contributed by atoms with van der Waals surface area (Å²) in [6.07, 6.45) is 1.96. The number of aromatic nitrogens is 2. The van der Waals surface area contributed by atoms with Gasteiger partial charge in [-0.1, -0.05) is 6.07 Å². The van der Waals surface area contributed by atoms with Gasteiger partial charge in [-0.3, -0.25) is 9.20 Å². The smallest absolute Gasteiger partial charge is 0.230 e. The van der Waals surface area contributed by atoms with Gasteiger partial charge in [0, 0.05) is 28.5 Å². The number of amides is 1. The highest BCUT2D eigenvalue weighted by Gasteiger charge is 2.13. The molecule has 2 aromatic heterocycles. The monoisotopic (exact) mass is 383 g/mol. The summed E-state index contributed by atoms with van der Waals surface area (Å²) >= 11 is 1.42. The Bertz CT molecular complexity index is 1130. The van der Waals surface area contributed by atoms with Crippen molar-refractivity contribution in [2.45, 2.75) is 13.3 Å². The summed E-state index contributed by atoms with van der Waals surface area (Å²) < 4.78 is 28.3. The molecular formula is C20H15F2N3OS.